The summed E-state index contributed by atoms with van der Waals surface area (Å²) in [5.74, 6) is 0.814. The number of amides is 1. The average Bonchev–Trinajstić information content (AvgIpc) is 3.13. The van der Waals surface area contributed by atoms with Crippen LogP contribution in [-0.4, -0.2) is 37.6 Å². The molecular weight excluding hydrogens is 455 g/mol. The summed E-state index contributed by atoms with van der Waals surface area (Å²) in [6, 6.07) is 21.3. The summed E-state index contributed by atoms with van der Waals surface area (Å²) in [5.41, 5.74) is 3.94. The third-order valence-corrected chi connectivity index (χ3v) is 7.42. The Morgan fingerprint density at radius 2 is 1.70 bits per heavy atom. The molecule has 5 rings (SSSR count). The highest BCUT2D eigenvalue weighted by Crippen LogP contribution is 2.48. The standard InChI is InChI=1S/C27H26Cl2N2O2/c1-33-23-8-9-25-24(16-23)27(18-31(25)26(32)20-5-3-7-22(29)15-20)10-12-30(13-11-27)17-19-4-2-6-21(28)14-19/h2-9,14-16H,10-13,17-18H2,1H3. The van der Waals surface area contributed by atoms with Crippen molar-refractivity contribution in [2.75, 3.05) is 31.6 Å². The third kappa shape index (κ3) is 4.35. The molecule has 1 amide bonds. The predicted molar refractivity (Wildman–Crippen MR) is 134 cm³/mol. The Morgan fingerprint density at radius 3 is 2.39 bits per heavy atom. The molecule has 1 spiro atoms. The van der Waals surface area contributed by atoms with Gasteiger partial charge in [-0.25, -0.2) is 0 Å². The molecule has 0 radical (unpaired) electrons. The number of carbonyl (C=O) groups is 1. The Balaban J connectivity index is 1.41. The first-order valence-corrected chi connectivity index (χ1v) is 12.0. The van der Waals surface area contributed by atoms with E-state index in [9.17, 15) is 4.79 Å². The second kappa shape index (κ2) is 9.02. The number of hydrogen-bond donors (Lipinski definition) is 0. The molecule has 2 aliphatic rings. The molecule has 2 aliphatic heterocycles. The summed E-state index contributed by atoms with van der Waals surface area (Å²) in [5, 5.41) is 1.34. The van der Waals surface area contributed by atoms with Gasteiger partial charge >= 0.3 is 0 Å². The molecular formula is C27H26Cl2N2O2. The molecule has 0 atom stereocenters. The van der Waals surface area contributed by atoms with E-state index in [1.165, 1.54) is 11.1 Å². The van der Waals surface area contributed by atoms with Gasteiger partial charge in [-0.1, -0.05) is 41.4 Å². The van der Waals surface area contributed by atoms with Crippen LogP contribution >= 0.6 is 23.2 Å². The highest BCUT2D eigenvalue weighted by Gasteiger charge is 2.46. The van der Waals surface area contributed by atoms with E-state index in [1.54, 1.807) is 19.2 Å². The van der Waals surface area contributed by atoms with Crippen molar-refractivity contribution in [3.05, 3.63) is 93.5 Å². The number of rotatable bonds is 4. The minimum Gasteiger partial charge on any atom is -0.497 e. The maximum atomic E-state index is 13.5. The van der Waals surface area contributed by atoms with Gasteiger partial charge < -0.3 is 9.64 Å². The number of halogens is 2. The number of nitrogens with zero attached hydrogens (tertiary/aromatic N) is 2. The van der Waals surface area contributed by atoms with E-state index < -0.39 is 0 Å². The molecule has 0 N–H and O–H groups in total. The van der Waals surface area contributed by atoms with Crippen LogP contribution in [0.5, 0.6) is 5.75 Å². The van der Waals surface area contributed by atoms with Crippen molar-refractivity contribution >= 4 is 34.8 Å². The number of piperidine rings is 1. The van der Waals surface area contributed by atoms with Gasteiger partial charge in [0.05, 0.1) is 7.11 Å². The predicted octanol–water partition coefficient (Wildman–Crippen LogP) is 6.20. The van der Waals surface area contributed by atoms with Crippen molar-refractivity contribution in [2.45, 2.75) is 24.8 Å². The van der Waals surface area contributed by atoms with Gasteiger partial charge in [-0.3, -0.25) is 9.69 Å². The number of hydrogen-bond acceptors (Lipinski definition) is 3. The molecule has 0 saturated carbocycles. The fourth-order valence-electron chi connectivity index (χ4n) is 5.19. The lowest BCUT2D eigenvalue weighted by molar-refractivity contribution is 0.0975. The van der Waals surface area contributed by atoms with Crippen LogP contribution in [0.1, 0.15) is 34.3 Å². The molecule has 4 nitrogen and oxygen atoms in total. The molecule has 1 saturated heterocycles. The van der Waals surface area contributed by atoms with Crippen LogP contribution in [0.3, 0.4) is 0 Å². The molecule has 0 bridgehead atoms. The molecule has 170 valence electrons. The quantitative estimate of drug-likeness (QED) is 0.445. The third-order valence-electron chi connectivity index (χ3n) is 6.95. The van der Waals surface area contributed by atoms with Gasteiger partial charge in [0, 0.05) is 39.8 Å². The minimum atomic E-state index is -0.0804. The summed E-state index contributed by atoms with van der Waals surface area (Å²) in [7, 11) is 1.69. The second-order valence-electron chi connectivity index (χ2n) is 8.97. The number of methoxy groups -OCH3 is 1. The molecule has 1 fully saturated rings. The second-order valence-corrected chi connectivity index (χ2v) is 9.84. The van der Waals surface area contributed by atoms with Crippen LogP contribution in [0.15, 0.2) is 66.7 Å². The monoisotopic (exact) mass is 480 g/mol. The molecule has 2 heterocycles. The van der Waals surface area contributed by atoms with Crippen molar-refractivity contribution in [3.63, 3.8) is 0 Å². The Kier molecular flexibility index (Phi) is 6.09. The maximum Gasteiger partial charge on any atom is 0.258 e. The van der Waals surface area contributed by atoms with Gasteiger partial charge in [-0.05, 0) is 85.6 Å². The van der Waals surface area contributed by atoms with E-state index in [0.29, 0.717) is 17.1 Å². The number of carbonyl (C=O) groups excluding carboxylic acids is 1. The number of benzene rings is 3. The van der Waals surface area contributed by atoms with E-state index in [0.717, 1.165) is 48.9 Å². The van der Waals surface area contributed by atoms with Gasteiger partial charge in [0.15, 0.2) is 0 Å². The van der Waals surface area contributed by atoms with Crippen molar-refractivity contribution in [3.8, 4) is 5.75 Å². The topological polar surface area (TPSA) is 32.8 Å². The van der Waals surface area contributed by atoms with Gasteiger partial charge in [-0.2, -0.15) is 0 Å². The number of likely N-dealkylation sites (tertiary alicyclic amines) is 1. The van der Waals surface area contributed by atoms with Gasteiger partial charge in [0.1, 0.15) is 5.75 Å². The number of ether oxygens (including phenoxy) is 1. The summed E-state index contributed by atoms with van der Waals surface area (Å²) < 4.78 is 5.54. The van der Waals surface area contributed by atoms with Crippen molar-refractivity contribution < 1.29 is 9.53 Å². The normalized spacial score (nSPS) is 17.2. The van der Waals surface area contributed by atoms with E-state index in [-0.39, 0.29) is 11.3 Å². The van der Waals surface area contributed by atoms with Crippen LogP contribution in [-0.2, 0) is 12.0 Å². The van der Waals surface area contributed by atoms with Crippen LogP contribution < -0.4 is 9.64 Å². The lowest BCUT2D eigenvalue weighted by atomic mass is 9.74. The van der Waals surface area contributed by atoms with Crippen LogP contribution in [0.2, 0.25) is 10.0 Å². The van der Waals surface area contributed by atoms with E-state index in [1.807, 2.05) is 47.4 Å². The first-order chi connectivity index (χ1) is 16.0. The maximum absolute atomic E-state index is 13.5. The van der Waals surface area contributed by atoms with Crippen molar-refractivity contribution in [1.82, 2.24) is 4.90 Å². The fourth-order valence-corrected chi connectivity index (χ4v) is 5.60. The Labute approximate surface area is 204 Å². The highest BCUT2D eigenvalue weighted by atomic mass is 35.5. The largest absolute Gasteiger partial charge is 0.497 e. The summed E-state index contributed by atoms with van der Waals surface area (Å²) in [6.45, 7) is 3.48. The zero-order valence-electron chi connectivity index (χ0n) is 18.6. The van der Waals surface area contributed by atoms with E-state index >= 15 is 0 Å². The number of fused-ring (bicyclic) bond motifs is 2. The van der Waals surface area contributed by atoms with Gasteiger partial charge in [0.2, 0.25) is 0 Å². The molecule has 3 aromatic rings. The summed E-state index contributed by atoms with van der Waals surface area (Å²) in [6.07, 6.45) is 1.96. The SMILES string of the molecule is COc1ccc2c(c1)C1(CCN(Cc3cccc(Cl)c3)CC1)CN2C(=O)c1cccc(Cl)c1. The first kappa shape index (κ1) is 22.3. The molecule has 3 aromatic carbocycles. The first-order valence-electron chi connectivity index (χ1n) is 11.2. The summed E-state index contributed by atoms with van der Waals surface area (Å²) >= 11 is 12.3. The lowest BCUT2D eigenvalue weighted by Crippen LogP contribution is -2.45. The van der Waals surface area contributed by atoms with Crippen LogP contribution in [0, 0.1) is 0 Å². The van der Waals surface area contributed by atoms with Crippen LogP contribution in [0.25, 0.3) is 0 Å². The highest BCUT2D eigenvalue weighted by molar-refractivity contribution is 6.31. The molecule has 0 aromatic heterocycles. The molecule has 33 heavy (non-hydrogen) atoms. The average molecular weight is 481 g/mol. The molecule has 0 unspecified atom stereocenters. The van der Waals surface area contributed by atoms with Gasteiger partial charge in [0.25, 0.3) is 5.91 Å². The minimum absolute atomic E-state index is 0.0119. The smallest absolute Gasteiger partial charge is 0.258 e. The number of anilines is 1. The van der Waals surface area contributed by atoms with Crippen molar-refractivity contribution in [1.29, 1.82) is 0 Å². The summed E-state index contributed by atoms with van der Waals surface area (Å²) in [4.78, 5) is 17.9. The molecule has 6 heteroatoms. The van der Waals surface area contributed by atoms with Crippen molar-refractivity contribution in [2.24, 2.45) is 0 Å². The Hall–Kier alpha value is -2.53. The zero-order chi connectivity index (χ0) is 23.0. The van der Waals surface area contributed by atoms with Crippen LogP contribution in [0.4, 0.5) is 5.69 Å². The molecule has 0 aliphatic carbocycles. The Morgan fingerprint density at radius 1 is 0.970 bits per heavy atom. The van der Waals surface area contributed by atoms with Gasteiger partial charge in [-0.15, -0.1) is 0 Å². The Bertz CT molecular complexity index is 1190. The zero-order valence-corrected chi connectivity index (χ0v) is 20.1. The lowest BCUT2D eigenvalue weighted by Gasteiger charge is -2.40. The van der Waals surface area contributed by atoms with E-state index in [4.69, 9.17) is 27.9 Å². The van der Waals surface area contributed by atoms with E-state index in [2.05, 4.69) is 17.0 Å². The fraction of sp³-hybridized carbons (Fsp3) is 0.296.